The number of rotatable bonds is 2. The molecule has 5 N–H and O–H groups in total. The van der Waals surface area contributed by atoms with Crippen LogP contribution in [-0.4, -0.2) is 17.3 Å². The zero-order valence-electron chi connectivity index (χ0n) is 8.11. The molecule has 1 aromatic rings. The van der Waals surface area contributed by atoms with Crippen molar-refractivity contribution in [2.75, 3.05) is 0 Å². The molecule has 0 heterocycles. The molecule has 80 valence electrons. The summed E-state index contributed by atoms with van der Waals surface area (Å²) in [6, 6.07) is 3.28. The number of hydrogen-bond acceptors (Lipinski definition) is 3. The van der Waals surface area contributed by atoms with Gasteiger partial charge in [-0.05, 0) is 19.1 Å². The highest BCUT2D eigenvalue weighted by Gasteiger charge is 2.05. The highest BCUT2D eigenvalue weighted by molar-refractivity contribution is 6.31. The fraction of sp³-hybridized carbons (Fsp3) is 0.111. The number of nitrogens with zero attached hydrogens (tertiary/aromatic N) is 2. The Hall–Kier alpha value is -1.75. The lowest BCUT2D eigenvalue weighted by Gasteiger charge is -2.03. The second-order valence-electron chi connectivity index (χ2n) is 2.88. The molecule has 0 aliphatic rings. The zero-order valence-corrected chi connectivity index (χ0v) is 8.86. The van der Waals surface area contributed by atoms with Crippen molar-refractivity contribution in [3.05, 3.63) is 28.3 Å². The van der Waals surface area contributed by atoms with E-state index in [0.29, 0.717) is 16.1 Å². The van der Waals surface area contributed by atoms with Crippen LogP contribution in [0.15, 0.2) is 22.3 Å². The van der Waals surface area contributed by atoms with Gasteiger partial charge in [-0.1, -0.05) is 11.6 Å². The van der Waals surface area contributed by atoms with Crippen LogP contribution in [0.1, 0.15) is 11.1 Å². The molecule has 1 aromatic carbocycles. The second-order valence-corrected chi connectivity index (χ2v) is 3.29. The Morgan fingerprint density at radius 2 is 2.13 bits per heavy atom. The molecule has 5 nitrogen and oxygen atoms in total. The maximum atomic E-state index is 9.66. The fourth-order valence-corrected chi connectivity index (χ4v) is 1.11. The molecule has 0 saturated carbocycles. The van der Waals surface area contributed by atoms with E-state index in [9.17, 15) is 5.11 Å². The highest BCUT2D eigenvalue weighted by atomic mass is 35.5. The molecule has 0 atom stereocenters. The van der Waals surface area contributed by atoms with Gasteiger partial charge in [-0.25, -0.2) is 0 Å². The molecular formula is C9H11ClN4O. The lowest BCUT2D eigenvalue weighted by molar-refractivity contribution is 0.470. The minimum Gasteiger partial charge on any atom is -0.507 e. The van der Waals surface area contributed by atoms with E-state index in [1.54, 1.807) is 19.1 Å². The lowest BCUT2D eigenvalue weighted by atomic mass is 10.1. The van der Waals surface area contributed by atoms with Gasteiger partial charge in [0.15, 0.2) is 0 Å². The molecular weight excluding hydrogens is 216 g/mol. The van der Waals surface area contributed by atoms with Gasteiger partial charge in [0, 0.05) is 16.1 Å². The van der Waals surface area contributed by atoms with Gasteiger partial charge >= 0.3 is 0 Å². The molecule has 0 spiro atoms. The molecule has 0 unspecified atom stereocenters. The first-order valence-electron chi connectivity index (χ1n) is 4.12. The molecule has 0 amide bonds. The van der Waals surface area contributed by atoms with Gasteiger partial charge in [-0.2, -0.15) is 5.10 Å². The number of benzene rings is 1. The van der Waals surface area contributed by atoms with Crippen molar-refractivity contribution < 1.29 is 5.11 Å². The van der Waals surface area contributed by atoms with E-state index in [1.165, 1.54) is 6.21 Å². The summed E-state index contributed by atoms with van der Waals surface area (Å²) in [5.41, 5.74) is 11.2. The van der Waals surface area contributed by atoms with Crippen LogP contribution in [0, 0.1) is 6.92 Å². The Morgan fingerprint density at radius 3 is 2.73 bits per heavy atom. The predicted molar refractivity (Wildman–Crippen MR) is 61.3 cm³/mol. The molecule has 1 rings (SSSR count). The SMILES string of the molecule is Cc1c(Cl)ccc(C=NN=C(N)N)c1O. The molecule has 0 aromatic heterocycles. The van der Waals surface area contributed by atoms with Gasteiger partial charge in [-0.3, -0.25) is 0 Å². The summed E-state index contributed by atoms with van der Waals surface area (Å²) in [4.78, 5) is 0. The number of aromatic hydroxyl groups is 1. The number of halogens is 1. The molecule has 15 heavy (non-hydrogen) atoms. The monoisotopic (exact) mass is 226 g/mol. The van der Waals surface area contributed by atoms with Crippen LogP contribution in [0.4, 0.5) is 0 Å². The minimum atomic E-state index is -0.142. The van der Waals surface area contributed by atoms with E-state index in [1.807, 2.05) is 0 Å². The van der Waals surface area contributed by atoms with E-state index < -0.39 is 0 Å². The largest absolute Gasteiger partial charge is 0.507 e. The summed E-state index contributed by atoms with van der Waals surface area (Å²) in [6.45, 7) is 1.70. The Kier molecular flexibility index (Phi) is 3.51. The van der Waals surface area contributed by atoms with E-state index in [4.69, 9.17) is 23.1 Å². The Morgan fingerprint density at radius 1 is 1.47 bits per heavy atom. The predicted octanol–water partition coefficient (Wildman–Crippen LogP) is 0.961. The summed E-state index contributed by atoms with van der Waals surface area (Å²) in [7, 11) is 0. The van der Waals surface area contributed by atoms with E-state index in [-0.39, 0.29) is 11.7 Å². The van der Waals surface area contributed by atoms with Crippen molar-refractivity contribution in [1.29, 1.82) is 0 Å². The van der Waals surface area contributed by atoms with Crippen LogP contribution < -0.4 is 11.5 Å². The van der Waals surface area contributed by atoms with Crippen LogP contribution >= 0.6 is 11.6 Å². The smallest absolute Gasteiger partial charge is 0.211 e. The molecule has 0 aliphatic heterocycles. The Balaban J connectivity index is 3.02. The van der Waals surface area contributed by atoms with Crippen LogP contribution in [0.25, 0.3) is 0 Å². The standard InChI is InChI=1S/C9H11ClN4O/c1-5-7(10)3-2-6(8(5)15)4-13-14-9(11)12/h2-4,15H,1H3,(H4,11,12,14). The van der Waals surface area contributed by atoms with Gasteiger partial charge in [-0.15, -0.1) is 5.10 Å². The van der Waals surface area contributed by atoms with Crippen molar-refractivity contribution in [3.63, 3.8) is 0 Å². The van der Waals surface area contributed by atoms with Crippen LogP contribution in [0.3, 0.4) is 0 Å². The summed E-state index contributed by atoms with van der Waals surface area (Å²) in [6.07, 6.45) is 1.35. The minimum absolute atomic E-state index is 0.0667. The van der Waals surface area contributed by atoms with Crippen molar-refractivity contribution in [1.82, 2.24) is 0 Å². The topological polar surface area (TPSA) is 97.0 Å². The number of phenolic OH excluding ortho intramolecular Hbond substituents is 1. The van der Waals surface area contributed by atoms with Crippen molar-refractivity contribution in [2.45, 2.75) is 6.92 Å². The average molecular weight is 227 g/mol. The number of guanidine groups is 1. The van der Waals surface area contributed by atoms with Crippen LogP contribution in [0.2, 0.25) is 5.02 Å². The Bertz CT molecular complexity index is 424. The highest BCUT2D eigenvalue weighted by Crippen LogP contribution is 2.27. The summed E-state index contributed by atoms with van der Waals surface area (Å²) >= 11 is 5.80. The van der Waals surface area contributed by atoms with Gasteiger partial charge in [0.1, 0.15) is 5.75 Å². The van der Waals surface area contributed by atoms with E-state index in [0.717, 1.165) is 0 Å². The van der Waals surface area contributed by atoms with E-state index >= 15 is 0 Å². The van der Waals surface area contributed by atoms with Gasteiger partial charge in [0.2, 0.25) is 5.96 Å². The summed E-state index contributed by atoms with van der Waals surface area (Å²) in [5, 5.41) is 17.1. The lowest BCUT2D eigenvalue weighted by Crippen LogP contribution is -2.21. The van der Waals surface area contributed by atoms with Crippen LogP contribution in [0.5, 0.6) is 5.75 Å². The molecule has 0 radical (unpaired) electrons. The third-order valence-electron chi connectivity index (χ3n) is 1.77. The van der Waals surface area contributed by atoms with Gasteiger partial charge in [0.05, 0.1) is 6.21 Å². The maximum Gasteiger partial charge on any atom is 0.211 e. The second kappa shape index (κ2) is 4.65. The van der Waals surface area contributed by atoms with Crippen molar-refractivity contribution in [3.8, 4) is 5.75 Å². The first-order chi connectivity index (χ1) is 7.02. The van der Waals surface area contributed by atoms with Crippen molar-refractivity contribution in [2.24, 2.45) is 21.7 Å². The summed E-state index contributed by atoms with van der Waals surface area (Å²) in [5.74, 6) is -0.0755. The molecule has 0 saturated heterocycles. The number of nitrogens with two attached hydrogens (primary N) is 2. The normalized spacial score (nSPS) is 10.5. The average Bonchev–Trinajstić information content (AvgIpc) is 2.18. The molecule has 0 aliphatic carbocycles. The van der Waals surface area contributed by atoms with Crippen LogP contribution in [-0.2, 0) is 0 Å². The Labute approximate surface area is 92.1 Å². The number of hydrogen-bond donors (Lipinski definition) is 3. The molecule has 0 fully saturated rings. The quantitative estimate of drug-likeness (QED) is 0.398. The third kappa shape index (κ3) is 2.85. The van der Waals surface area contributed by atoms with Gasteiger partial charge < -0.3 is 16.6 Å². The number of phenols is 1. The zero-order chi connectivity index (χ0) is 11.4. The van der Waals surface area contributed by atoms with E-state index in [2.05, 4.69) is 10.2 Å². The third-order valence-corrected chi connectivity index (χ3v) is 2.18. The van der Waals surface area contributed by atoms with Crippen molar-refractivity contribution >= 4 is 23.8 Å². The molecule has 6 heteroatoms. The van der Waals surface area contributed by atoms with Gasteiger partial charge in [0.25, 0.3) is 0 Å². The first-order valence-corrected chi connectivity index (χ1v) is 4.50. The first kappa shape index (κ1) is 11.3. The summed E-state index contributed by atoms with van der Waals surface area (Å²) < 4.78 is 0. The fourth-order valence-electron chi connectivity index (χ4n) is 0.958. The molecule has 0 bridgehead atoms. The maximum absolute atomic E-state index is 9.66.